The Balaban J connectivity index is 2.46. The van der Waals surface area contributed by atoms with Crippen LogP contribution in [0.5, 0.6) is 0 Å². The Labute approximate surface area is 80.2 Å². The van der Waals surface area contributed by atoms with Gasteiger partial charge in [-0.05, 0) is 29.5 Å². The van der Waals surface area contributed by atoms with Crippen molar-refractivity contribution in [2.45, 2.75) is 33.4 Å². The van der Waals surface area contributed by atoms with Crippen molar-refractivity contribution in [2.24, 2.45) is 5.92 Å². The lowest BCUT2D eigenvalue weighted by atomic mass is 9.93. The molecule has 1 nitrogen and oxygen atoms in total. The molecule has 1 aliphatic rings. The second-order valence-corrected chi connectivity index (χ2v) is 4.25. The molecule has 1 N–H and O–H groups in total. The van der Waals surface area contributed by atoms with Crippen LogP contribution in [0.2, 0.25) is 0 Å². The minimum atomic E-state index is 0.566. The van der Waals surface area contributed by atoms with Crippen molar-refractivity contribution < 1.29 is 0 Å². The van der Waals surface area contributed by atoms with E-state index < -0.39 is 0 Å². The summed E-state index contributed by atoms with van der Waals surface area (Å²) in [6.07, 6.45) is 0. The van der Waals surface area contributed by atoms with Crippen LogP contribution in [0.15, 0.2) is 18.2 Å². The summed E-state index contributed by atoms with van der Waals surface area (Å²) in [5, 5.41) is 3.56. The molecule has 0 radical (unpaired) electrons. The molecule has 0 bridgehead atoms. The van der Waals surface area contributed by atoms with E-state index in [1.165, 1.54) is 16.7 Å². The summed E-state index contributed by atoms with van der Waals surface area (Å²) in [6.45, 7) is 7.81. The van der Waals surface area contributed by atoms with Gasteiger partial charge in [0.25, 0.3) is 0 Å². The maximum atomic E-state index is 3.56. The molecule has 1 unspecified atom stereocenters. The van der Waals surface area contributed by atoms with Crippen LogP contribution < -0.4 is 5.32 Å². The third-order valence-corrected chi connectivity index (χ3v) is 2.90. The van der Waals surface area contributed by atoms with Gasteiger partial charge in [0.2, 0.25) is 0 Å². The summed E-state index contributed by atoms with van der Waals surface area (Å²) in [7, 11) is 0. The van der Waals surface area contributed by atoms with Gasteiger partial charge in [-0.2, -0.15) is 0 Å². The van der Waals surface area contributed by atoms with E-state index >= 15 is 0 Å². The van der Waals surface area contributed by atoms with E-state index in [0.29, 0.717) is 12.0 Å². The minimum Gasteiger partial charge on any atom is -0.306 e. The number of nitrogens with one attached hydrogen (secondary N) is 1. The molecule has 0 fully saturated rings. The monoisotopic (exact) mass is 175 g/mol. The Morgan fingerprint density at radius 3 is 2.85 bits per heavy atom. The van der Waals surface area contributed by atoms with Crippen LogP contribution in [-0.2, 0) is 6.54 Å². The SMILES string of the molecule is Cc1cccc2c1C(C(C)C)NC2. The molecule has 1 heteroatoms. The van der Waals surface area contributed by atoms with Gasteiger partial charge in [-0.15, -0.1) is 0 Å². The fraction of sp³-hybridized carbons (Fsp3) is 0.500. The van der Waals surface area contributed by atoms with Gasteiger partial charge in [-0.1, -0.05) is 32.0 Å². The number of hydrogen-bond donors (Lipinski definition) is 1. The number of fused-ring (bicyclic) bond motifs is 1. The number of hydrogen-bond acceptors (Lipinski definition) is 1. The highest BCUT2D eigenvalue weighted by Crippen LogP contribution is 2.32. The molecule has 0 aliphatic carbocycles. The van der Waals surface area contributed by atoms with E-state index in [9.17, 15) is 0 Å². The molecule has 0 spiro atoms. The average molecular weight is 175 g/mol. The van der Waals surface area contributed by atoms with Gasteiger partial charge in [0, 0.05) is 12.6 Å². The standard InChI is InChI=1S/C12H17N/c1-8(2)12-11-9(3)5-4-6-10(11)7-13-12/h4-6,8,12-13H,7H2,1-3H3. The van der Waals surface area contributed by atoms with Crippen molar-refractivity contribution in [2.75, 3.05) is 0 Å². The van der Waals surface area contributed by atoms with Gasteiger partial charge in [-0.25, -0.2) is 0 Å². The molecule has 70 valence electrons. The van der Waals surface area contributed by atoms with Gasteiger partial charge in [-0.3, -0.25) is 0 Å². The molecule has 1 aromatic carbocycles. The highest BCUT2D eigenvalue weighted by atomic mass is 14.9. The van der Waals surface area contributed by atoms with Crippen LogP contribution in [-0.4, -0.2) is 0 Å². The Morgan fingerprint density at radius 1 is 1.38 bits per heavy atom. The molecule has 0 aromatic heterocycles. The van der Waals surface area contributed by atoms with Gasteiger partial charge in [0.15, 0.2) is 0 Å². The first-order valence-electron chi connectivity index (χ1n) is 5.02. The van der Waals surface area contributed by atoms with Crippen molar-refractivity contribution in [3.8, 4) is 0 Å². The van der Waals surface area contributed by atoms with E-state index in [-0.39, 0.29) is 0 Å². The Hall–Kier alpha value is -0.820. The first-order chi connectivity index (χ1) is 6.20. The Kier molecular flexibility index (Phi) is 2.12. The van der Waals surface area contributed by atoms with Crippen molar-refractivity contribution in [1.29, 1.82) is 0 Å². The van der Waals surface area contributed by atoms with Crippen molar-refractivity contribution in [1.82, 2.24) is 5.32 Å². The van der Waals surface area contributed by atoms with Crippen molar-refractivity contribution in [3.63, 3.8) is 0 Å². The lowest BCUT2D eigenvalue weighted by molar-refractivity contribution is 0.440. The predicted octanol–water partition coefficient (Wildman–Crippen LogP) is 2.80. The minimum absolute atomic E-state index is 0.566. The fourth-order valence-electron chi connectivity index (χ4n) is 2.23. The Morgan fingerprint density at radius 2 is 2.15 bits per heavy atom. The zero-order chi connectivity index (χ0) is 9.42. The summed E-state index contributed by atoms with van der Waals surface area (Å²) in [6, 6.07) is 7.16. The molecule has 13 heavy (non-hydrogen) atoms. The zero-order valence-corrected chi connectivity index (χ0v) is 8.59. The third kappa shape index (κ3) is 1.37. The van der Waals surface area contributed by atoms with Crippen molar-refractivity contribution in [3.05, 3.63) is 34.9 Å². The second kappa shape index (κ2) is 3.15. The molecular formula is C12H17N. The highest BCUT2D eigenvalue weighted by molar-refractivity contribution is 5.40. The molecule has 1 atom stereocenters. The number of aryl methyl sites for hydroxylation is 1. The largest absolute Gasteiger partial charge is 0.306 e. The molecule has 0 amide bonds. The summed E-state index contributed by atoms with van der Waals surface area (Å²) < 4.78 is 0. The van der Waals surface area contributed by atoms with E-state index in [1.807, 2.05) is 0 Å². The summed E-state index contributed by atoms with van der Waals surface area (Å²) >= 11 is 0. The number of benzene rings is 1. The predicted molar refractivity (Wildman–Crippen MR) is 55.6 cm³/mol. The molecule has 1 heterocycles. The van der Waals surface area contributed by atoms with E-state index in [2.05, 4.69) is 44.3 Å². The molecule has 0 saturated carbocycles. The van der Waals surface area contributed by atoms with Gasteiger partial charge in [0.05, 0.1) is 0 Å². The Bertz CT molecular complexity index is 315. The molecule has 1 aliphatic heterocycles. The number of rotatable bonds is 1. The van der Waals surface area contributed by atoms with Gasteiger partial charge >= 0.3 is 0 Å². The lowest BCUT2D eigenvalue weighted by Gasteiger charge is -2.17. The average Bonchev–Trinajstić information content (AvgIpc) is 2.49. The van der Waals surface area contributed by atoms with Crippen LogP contribution in [0.1, 0.15) is 36.6 Å². The lowest BCUT2D eigenvalue weighted by Crippen LogP contribution is -2.18. The summed E-state index contributed by atoms with van der Waals surface area (Å²) in [5.74, 6) is 0.683. The molecule has 0 saturated heterocycles. The van der Waals surface area contributed by atoms with Crippen LogP contribution in [0.4, 0.5) is 0 Å². The normalized spacial score (nSPS) is 20.8. The topological polar surface area (TPSA) is 12.0 Å². The molecule has 2 rings (SSSR count). The maximum absolute atomic E-state index is 3.56. The van der Waals surface area contributed by atoms with E-state index in [4.69, 9.17) is 0 Å². The second-order valence-electron chi connectivity index (χ2n) is 4.25. The van der Waals surface area contributed by atoms with E-state index in [0.717, 1.165) is 6.54 Å². The summed E-state index contributed by atoms with van der Waals surface area (Å²) in [5.41, 5.74) is 4.46. The maximum Gasteiger partial charge on any atom is 0.0352 e. The van der Waals surface area contributed by atoms with Crippen LogP contribution in [0.25, 0.3) is 0 Å². The van der Waals surface area contributed by atoms with Crippen molar-refractivity contribution >= 4 is 0 Å². The summed E-state index contributed by atoms with van der Waals surface area (Å²) in [4.78, 5) is 0. The smallest absolute Gasteiger partial charge is 0.0352 e. The van der Waals surface area contributed by atoms with Crippen LogP contribution >= 0.6 is 0 Å². The first-order valence-corrected chi connectivity index (χ1v) is 5.02. The first kappa shape index (κ1) is 8.76. The van der Waals surface area contributed by atoms with Gasteiger partial charge < -0.3 is 5.32 Å². The molecule has 1 aromatic rings. The van der Waals surface area contributed by atoms with E-state index in [1.54, 1.807) is 0 Å². The molecular weight excluding hydrogens is 158 g/mol. The highest BCUT2D eigenvalue weighted by Gasteiger charge is 2.25. The van der Waals surface area contributed by atoms with Crippen LogP contribution in [0.3, 0.4) is 0 Å². The third-order valence-electron chi connectivity index (χ3n) is 2.90. The zero-order valence-electron chi connectivity index (χ0n) is 8.59. The van der Waals surface area contributed by atoms with Gasteiger partial charge in [0.1, 0.15) is 0 Å². The fourth-order valence-corrected chi connectivity index (χ4v) is 2.23. The quantitative estimate of drug-likeness (QED) is 0.692. The van der Waals surface area contributed by atoms with Crippen LogP contribution in [0, 0.1) is 12.8 Å².